The Kier molecular flexibility index (Phi) is 8.21. The van der Waals surface area contributed by atoms with E-state index < -0.39 is 35.5 Å². The number of alkyl halides is 3. The van der Waals surface area contributed by atoms with Crippen LogP contribution in [-0.2, 0) is 23.9 Å². The molecule has 0 radical (unpaired) electrons. The predicted molar refractivity (Wildman–Crippen MR) is 147 cm³/mol. The smallest absolute Gasteiger partial charge is 0.417 e. The average Bonchev–Trinajstić information content (AvgIpc) is 3.07. The molecule has 1 unspecified atom stereocenters. The molecule has 4 aromatic rings. The van der Waals surface area contributed by atoms with Crippen LogP contribution in [0.5, 0.6) is 5.75 Å². The molecule has 3 amide bonds. The topological polar surface area (TPSA) is 139 Å². The first-order chi connectivity index (χ1) is 20.5. The lowest BCUT2D eigenvalue weighted by atomic mass is 10.1. The molecule has 11 nitrogen and oxygen atoms in total. The number of anilines is 2. The van der Waals surface area contributed by atoms with Crippen LogP contribution < -0.4 is 15.4 Å². The number of methoxy groups -OCH3 is 1. The minimum atomic E-state index is -4.74. The van der Waals surface area contributed by atoms with E-state index in [-0.39, 0.29) is 40.8 Å². The Hall–Kier alpha value is -5.11. The van der Waals surface area contributed by atoms with Gasteiger partial charge in [-0.25, -0.2) is 4.98 Å². The van der Waals surface area contributed by atoms with E-state index in [9.17, 15) is 27.6 Å². The van der Waals surface area contributed by atoms with Gasteiger partial charge in [-0.2, -0.15) is 18.3 Å². The molecule has 0 bridgehead atoms. The summed E-state index contributed by atoms with van der Waals surface area (Å²) >= 11 is 6.44. The van der Waals surface area contributed by atoms with E-state index in [0.29, 0.717) is 29.3 Å². The molecule has 5 rings (SSSR count). The van der Waals surface area contributed by atoms with Crippen LogP contribution in [0.4, 0.5) is 24.7 Å². The predicted octanol–water partition coefficient (Wildman–Crippen LogP) is 4.41. The second-order valence-electron chi connectivity index (χ2n) is 9.33. The number of fused-ring (bicyclic) bond motifs is 1. The largest absolute Gasteiger partial charge is 0.495 e. The maximum absolute atomic E-state index is 13.7. The highest BCUT2D eigenvalue weighted by atomic mass is 35.5. The van der Waals surface area contributed by atoms with E-state index >= 15 is 0 Å². The monoisotopic (exact) mass is 611 g/mol. The maximum atomic E-state index is 13.7. The molecule has 1 aromatic carbocycles. The summed E-state index contributed by atoms with van der Waals surface area (Å²) in [7, 11) is 1.44. The summed E-state index contributed by atoms with van der Waals surface area (Å²) in [6, 6.07) is 10.4. The quantitative estimate of drug-likeness (QED) is 0.313. The fraction of sp³-hybridized carbons (Fsp3) is 0.179. The van der Waals surface area contributed by atoms with Crippen molar-refractivity contribution in [3.05, 3.63) is 100 Å². The Morgan fingerprint density at radius 1 is 1.12 bits per heavy atom. The summed E-state index contributed by atoms with van der Waals surface area (Å²) in [6.45, 7) is -0.186. The van der Waals surface area contributed by atoms with Gasteiger partial charge in [0, 0.05) is 37.1 Å². The molecule has 1 aliphatic heterocycles. The van der Waals surface area contributed by atoms with Gasteiger partial charge in [0.1, 0.15) is 11.8 Å². The second kappa shape index (κ2) is 12.0. The standard InChI is InChI=1S/C28H21ClF3N7O4/c1-43-18-11-23(38-35-13-18)37-25(40)19-6-5-15(8-20(19)29)14-39-22(10-17-4-2-3-7-33-17)26(41)36-21-9-16(28(30,31)32)12-34-24(21)27(39)42/h2-9,11-13,22H,10,14H2,1H3,(H,36,41)(H,37,38,40). The van der Waals surface area contributed by atoms with Crippen LogP contribution in [-0.4, -0.2) is 55.9 Å². The van der Waals surface area contributed by atoms with Crippen molar-refractivity contribution in [2.45, 2.75) is 25.2 Å². The van der Waals surface area contributed by atoms with Crippen molar-refractivity contribution in [2.24, 2.45) is 0 Å². The highest BCUT2D eigenvalue weighted by molar-refractivity contribution is 6.34. The van der Waals surface area contributed by atoms with Crippen LogP contribution >= 0.6 is 11.6 Å². The number of carbonyl (C=O) groups excluding carboxylic acids is 3. The molecule has 220 valence electrons. The highest BCUT2D eigenvalue weighted by Gasteiger charge is 2.39. The number of hydrogen-bond acceptors (Lipinski definition) is 8. The van der Waals surface area contributed by atoms with Crippen molar-refractivity contribution in [2.75, 3.05) is 17.7 Å². The lowest BCUT2D eigenvalue weighted by Gasteiger charge is -2.28. The normalized spacial score (nSPS) is 14.9. The SMILES string of the molecule is COc1cnnc(NC(=O)c2ccc(CN3C(=O)c4ncc(C(F)(F)F)cc4NC(=O)C3Cc3ccccn3)cc2Cl)c1. The Bertz CT molecular complexity index is 1710. The number of ether oxygens (including phenoxy) is 1. The molecule has 0 aliphatic carbocycles. The second-order valence-corrected chi connectivity index (χ2v) is 9.74. The summed E-state index contributed by atoms with van der Waals surface area (Å²) in [5.74, 6) is -1.58. The molecule has 1 atom stereocenters. The number of nitrogens with zero attached hydrogens (tertiary/aromatic N) is 5. The summed E-state index contributed by atoms with van der Waals surface area (Å²) in [6.07, 6.45) is -1.35. The van der Waals surface area contributed by atoms with Gasteiger partial charge in [-0.15, -0.1) is 5.10 Å². The third-order valence-corrected chi connectivity index (χ3v) is 6.79. The van der Waals surface area contributed by atoms with Gasteiger partial charge in [-0.05, 0) is 35.9 Å². The van der Waals surface area contributed by atoms with Crippen LogP contribution in [0.2, 0.25) is 5.02 Å². The summed E-state index contributed by atoms with van der Waals surface area (Å²) in [5.41, 5.74) is -0.831. The number of aromatic nitrogens is 4. The summed E-state index contributed by atoms with van der Waals surface area (Å²) in [5, 5.41) is 12.6. The molecule has 0 spiro atoms. The molecular weight excluding hydrogens is 591 g/mol. The number of carbonyl (C=O) groups is 3. The lowest BCUT2D eigenvalue weighted by molar-refractivity contribution is -0.137. The van der Waals surface area contributed by atoms with Crippen molar-refractivity contribution in [1.82, 2.24) is 25.1 Å². The number of nitrogens with one attached hydrogen (secondary N) is 2. The third kappa shape index (κ3) is 6.54. The van der Waals surface area contributed by atoms with Gasteiger partial charge >= 0.3 is 6.18 Å². The van der Waals surface area contributed by atoms with Crippen LogP contribution in [0.3, 0.4) is 0 Å². The molecule has 0 saturated heterocycles. The number of halogens is 4. The molecular formula is C28H21ClF3N7O4. The number of amides is 3. The van der Waals surface area contributed by atoms with Crippen molar-refractivity contribution < 1.29 is 32.3 Å². The molecule has 4 heterocycles. The maximum Gasteiger partial charge on any atom is 0.417 e. The Balaban J connectivity index is 1.45. The zero-order chi connectivity index (χ0) is 30.7. The van der Waals surface area contributed by atoms with Gasteiger partial charge in [-0.1, -0.05) is 23.7 Å². The van der Waals surface area contributed by atoms with E-state index in [0.717, 1.165) is 0 Å². The third-order valence-electron chi connectivity index (χ3n) is 6.48. The van der Waals surface area contributed by atoms with E-state index in [1.807, 2.05) is 0 Å². The zero-order valence-corrected chi connectivity index (χ0v) is 23.0. The summed E-state index contributed by atoms with van der Waals surface area (Å²) < 4.78 is 45.1. The zero-order valence-electron chi connectivity index (χ0n) is 22.2. The van der Waals surface area contributed by atoms with E-state index in [1.54, 1.807) is 18.2 Å². The molecule has 0 saturated carbocycles. The summed E-state index contributed by atoms with van der Waals surface area (Å²) in [4.78, 5) is 49.1. The number of pyridine rings is 2. The highest BCUT2D eigenvalue weighted by Crippen LogP contribution is 2.33. The molecule has 15 heteroatoms. The average molecular weight is 612 g/mol. The molecule has 43 heavy (non-hydrogen) atoms. The fourth-order valence-electron chi connectivity index (χ4n) is 4.37. The number of rotatable bonds is 7. The first-order valence-corrected chi connectivity index (χ1v) is 13.0. The minimum Gasteiger partial charge on any atom is -0.495 e. The van der Waals surface area contributed by atoms with E-state index in [1.165, 1.54) is 48.7 Å². The van der Waals surface area contributed by atoms with Gasteiger partial charge < -0.3 is 20.3 Å². The lowest BCUT2D eigenvalue weighted by Crippen LogP contribution is -2.46. The molecule has 1 aliphatic rings. The van der Waals surface area contributed by atoms with Gasteiger partial charge in [0.2, 0.25) is 5.91 Å². The Morgan fingerprint density at radius 2 is 1.93 bits per heavy atom. The fourth-order valence-corrected chi connectivity index (χ4v) is 4.65. The first-order valence-electron chi connectivity index (χ1n) is 12.6. The number of benzene rings is 1. The Morgan fingerprint density at radius 3 is 2.63 bits per heavy atom. The van der Waals surface area contributed by atoms with Gasteiger partial charge in [-0.3, -0.25) is 19.4 Å². The van der Waals surface area contributed by atoms with Crippen molar-refractivity contribution in [1.29, 1.82) is 0 Å². The van der Waals surface area contributed by atoms with E-state index in [2.05, 4.69) is 30.8 Å². The first kappa shape index (κ1) is 29.4. The van der Waals surface area contributed by atoms with Gasteiger partial charge in [0.05, 0.1) is 35.1 Å². The van der Waals surface area contributed by atoms with Crippen LogP contribution in [0.25, 0.3) is 0 Å². The van der Waals surface area contributed by atoms with Crippen LogP contribution in [0.15, 0.2) is 67.1 Å². The van der Waals surface area contributed by atoms with Crippen LogP contribution in [0.1, 0.15) is 37.7 Å². The van der Waals surface area contributed by atoms with Crippen molar-refractivity contribution in [3.8, 4) is 5.75 Å². The molecule has 2 N–H and O–H groups in total. The molecule has 0 fully saturated rings. The Labute approximate surface area is 247 Å². The van der Waals surface area contributed by atoms with Gasteiger partial charge in [0.25, 0.3) is 11.8 Å². The van der Waals surface area contributed by atoms with E-state index in [4.69, 9.17) is 16.3 Å². The minimum absolute atomic E-state index is 0.0334. The number of hydrogen-bond donors (Lipinski definition) is 2. The van der Waals surface area contributed by atoms with Gasteiger partial charge in [0.15, 0.2) is 11.5 Å². The van der Waals surface area contributed by atoms with Crippen molar-refractivity contribution >= 4 is 40.8 Å². The van der Waals surface area contributed by atoms with Crippen molar-refractivity contribution in [3.63, 3.8) is 0 Å². The van der Waals surface area contributed by atoms with Crippen LogP contribution in [0, 0.1) is 0 Å². The molecule has 3 aromatic heterocycles.